The summed E-state index contributed by atoms with van der Waals surface area (Å²) in [5.41, 5.74) is 2.23. The summed E-state index contributed by atoms with van der Waals surface area (Å²) in [7, 11) is 0. The van der Waals surface area contributed by atoms with E-state index < -0.39 is 0 Å². The molecule has 0 bridgehead atoms. The molecule has 3 aromatic rings. The fraction of sp³-hybridized carbons (Fsp3) is 0.100. The number of benzene rings is 2. The molecule has 0 atom stereocenters. The lowest BCUT2D eigenvalue weighted by Crippen LogP contribution is -2.13. The molecule has 132 valence electrons. The number of halogens is 1. The number of hydrogen-bond donors (Lipinski definition) is 2. The minimum absolute atomic E-state index is 0.121. The molecule has 2 N–H and O–H groups in total. The lowest BCUT2D eigenvalue weighted by molar-refractivity contribution is -0.116. The Kier molecular flexibility index (Phi) is 5.76. The highest BCUT2D eigenvalue weighted by molar-refractivity contribution is 7.12. The zero-order chi connectivity index (χ0) is 18.4. The van der Waals surface area contributed by atoms with Crippen LogP contribution in [0.4, 0.5) is 15.8 Å². The maximum Gasteiger partial charge on any atom is 0.265 e. The molecule has 0 saturated carbocycles. The molecule has 0 aliphatic heterocycles. The number of amides is 2. The molecule has 0 aliphatic carbocycles. The zero-order valence-electron chi connectivity index (χ0n) is 13.9. The van der Waals surface area contributed by atoms with Gasteiger partial charge in [0.1, 0.15) is 5.82 Å². The van der Waals surface area contributed by atoms with Crippen LogP contribution in [0.2, 0.25) is 0 Å². The molecule has 0 aliphatic rings. The normalized spacial score (nSPS) is 10.3. The van der Waals surface area contributed by atoms with E-state index in [1.807, 2.05) is 11.4 Å². The Bertz CT molecular complexity index is 875. The predicted molar refractivity (Wildman–Crippen MR) is 102 cm³/mol. The number of aryl methyl sites for hydroxylation is 1. The predicted octanol–water partition coefficient (Wildman–Crippen LogP) is 4.71. The van der Waals surface area contributed by atoms with E-state index in [2.05, 4.69) is 10.6 Å². The molecule has 0 unspecified atom stereocenters. The molecular weight excluding hydrogens is 351 g/mol. The summed E-state index contributed by atoms with van der Waals surface area (Å²) in [5.74, 6) is -0.565. The summed E-state index contributed by atoms with van der Waals surface area (Å²) in [6.07, 6.45) is 0.851. The smallest absolute Gasteiger partial charge is 0.265 e. The van der Waals surface area contributed by atoms with Crippen molar-refractivity contribution in [3.05, 3.63) is 82.3 Å². The molecule has 3 rings (SSSR count). The second kappa shape index (κ2) is 8.40. The van der Waals surface area contributed by atoms with Gasteiger partial charge in [0.25, 0.3) is 5.91 Å². The first-order valence-corrected chi connectivity index (χ1v) is 8.97. The Hall–Kier alpha value is -2.99. The van der Waals surface area contributed by atoms with Crippen LogP contribution in [0, 0.1) is 5.82 Å². The fourth-order valence-electron chi connectivity index (χ4n) is 2.37. The van der Waals surface area contributed by atoms with Crippen molar-refractivity contribution in [3.8, 4) is 0 Å². The van der Waals surface area contributed by atoms with Gasteiger partial charge in [0.2, 0.25) is 5.91 Å². The Morgan fingerprint density at radius 3 is 2.15 bits per heavy atom. The average Bonchev–Trinajstić information content (AvgIpc) is 3.18. The minimum Gasteiger partial charge on any atom is -0.326 e. The molecule has 6 heteroatoms. The van der Waals surface area contributed by atoms with Crippen molar-refractivity contribution in [3.63, 3.8) is 0 Å². The number of rotatable bonds is 6. The Balaban J connectivity index is 1.49. The van der Waals surface area contributed by atoms with E-state index in [9.17, 15) is 14.0 Å². The Morgan fingerprint density at radius 2 is 1.54 bits per heavy atom. The highest BCUT2D eigenvalue weighted by Crippen LogP contribution is 2.17. The molecule has 2 amide bonds. The summed E-state index contributed by atoms with van der Waals surface area (Å²) in [6, 6.07) is 16.6. The molecule has 0 radical (unpaired) electrons. The van der Waals surface area contributed by atoms with E-state index in [1.165, 1.54) is 23.5 Å². The maximum absolute atomic E-state index is 12.9. The first kappa shape index (κ1) is 17.8. The van der Waals surface area contributed by atoms with E-state index >= 15 is 0 Å². The summed E-state index contributed by atoms with van der Waals surface area (Å²) in [6.45, 7) is 0. The van der Waals surface area contributed by atoms with E-state index in [0.717, 1.165) is 5.56 Å². The first-order valence-electron chi connectivity index (χ1n) is 8.09. The molecular formula is C20H17FN2O2S. The van der Waals surface area contributed by atoms with Crippen LogP contribution in [0.5, 0.6) is 0 Å². The van der Waals surface area contributed by atoms with Crippen molar-refractivity contribution in [1.82, 2.24) is 0 Å². The number of thiophene rings is 1. The van der Waals surface area contributed by atoms with Gasteiger partial charge in [-0.1, -0.05) is 18.2 Å². The van der Waals surface area contributed by atoms with E-state index in [1.54, 1.807) is 42.5 Å². The lowest BCUT2D eigenvalue weighted by Gasteiger charge is -2.08. The topological polar surface area (TPSA) is 58.2 Å². The van der Waals surface area contributed by atoms with Crippen LogP contribution in [-0.4, -0.2) is 11.8 Å². The van der Waals surface area contributed by atoms with Crippen LogP contribution in [0.3, 0.4) is 0 Å². The molecule has 0 fully saturated rings. The molecule has 0 saturated heterocycles. The molecule has 4 nitrogen and oxygen atoms in total. The second-order valence-electron chi connectivity index (χ2n) is 5.68. The minimum atomic E-state index is -0.288. The van der Waals surface area contributed by atoms with Crippen LogP contribution in [0.1, 0.15) is 21.7 Å². The molecule has 2 aromatic carbocycles. The quantitative estimate of drug-likeness (QED) is 0.662. The summed E-state index contributed by atoms with van der Waals surface area (Å²) in [4.78, 5) is 24.6. The van der Waals surface area contributed by atoms with Crippen molar-refractivity contribution >= 4 is 34.5 Å². The SMILES string of the molecule is O=C(CCc1ccc(F)cc1)Nc1ccc(NC(=O)c2cccs2)cc1. The first-order chi connectivity index (χ1) is 12.6. The summed E-state index contributed by atoms with van der Waals surface area (Å²) < 4.78 is 12.9. The van der Waals surface area contributed by atoms with Gasteiger partial charge in [-0.15, -0.1) is 11.3 Å². The molecule has 1 aromatic heterocycles. The van der Waals surface area contributed by atoms with Crippen LogP contribution < -0.4 is 10.6 Å². The van der Waals surface area contributed by atoms with Gasteiger partial charge in [0.05, 0.1) is 4.88 Å². The highest BCUT2D eigenvalue weighted by atomic mass is 32.1. The van der Waals surface area contributed by atoms with Crippen molar-refractivity contribution in [2.75, 3.05) is 10.6 Å². The van der Waals surface area contributed by atoms with E-state index in [4.69, 9.17) is 0 Å². The lowest BCUT2D eigenvalue weighted by atomic mass is 10.1. The van der Waals surface area contributed by atoms with E-state index in [-0.39, 0.29) is 17.6 Å². The number of carbonyl (C=O) groups excluding carboxylic acids is 2. The maximum atomic E-state index is 12.9. The third-order valence-electron chi connectivity index (χ3n) is 3.73. The largest absolute Gasteiger partial charge is 0.326 e. The fourth-order valence-corrected chi connectivity index (χ4v) is 2.99. The van der Waals surface area contributed by atoms with Crippen LogP contribution in [-0.2, 0) is 11.2 Å². The van der Waals surface area contributed by atoms with Gasteiger partial charge in [-0.25, -0.2) is 4.39 Å². The number of hydrogen-bond acceptors (Lipinski definition) is 3. The molecule has 1 heterocycles. The van der Waals surface area contributed by atoms with Crippen LogP contribution >= 0.6 is 11.3 Å². The third-order valence-corrected chi connectivity index (χ3v) is 4.59. The van der Waals surface area contributed by atoms with Gasteiger partial charge < -0.3 is 10.6 Å². The molecule has 0 spiro atoms. The van der Waals surface area contributed by atoms with Crippen molar-refractivity contribution in [1.29, 1.82) is 0 Å². The highest BCUT2D eigenvalue weighted by Gasteiger charge is 2.07. The second-order valence-corrected chi connectivity index (χ2v) is 6.63. The van der Waals surface area contributed by atoms with Gasteiger partial charge in [0.15, 0.2) is 0 Å². The van der Waals surface area contributed by atoms with Gasteiger partial charge in [-0.3, -0.25) is 9.59 Å². The molecule has 26 heavy (non-hydrogen) atoms. The van der Waals surface area contributed by atoms with Gasteiger partial charge in [-0.2, -0.15) is 0 Å². The van der Waals surface area contributed by atoms with Gasteiger partial charge in [-0.05, 0) is 59.8 Å². The number of nitrogens with one attached hydrogen (secondary N) is 2. The monoisotopic (exact) mass is 368 g/mol. The number of anilines is 2. The van der Waals surface area contributed by atoms with Crippen LogP contribution in [0.25, 0.3) is 0 Å². The third kappa shape index (κ3) is 5.00. The van der Waals surface area contributed by atoms with Gasteiger partial charge in [0, 0.05) is 17.8 Å². The van der Waals surface area contributed by atoms with Gasteiger partial charge >= 0.3 is 0 Å². The number of carbonyl (C=O) groups is 2. The van der Waals surface area contributed by atoms with Crippen LogP contribution in [0.15, 0.2) is 66.0 Å². The van der Waals surface area contributed by atoms with Crippen molar-refractivity contribution in [2.24, 2.45) is 0 Å². The Labute approximate surface area is 154 Å². The Morgan fingerprint density at radius 1 is 0.885 bits per heavy atom. The van der Waals surface area contributed by atoms with E-state index in [0.29, 0.717) is 29.1 Å². The summed E-state index contributed by atoms with van der Waals surface area (Å²) >= 11 is 1.38. The van der Waals surface area contributed by atoms with Crippen molar-refractivity contribution in [2.45, 2.75) is 12.8 Å². The van der Waals surface area contributed by atoms with Crippen molar-refractivity contribution < 1.29 is 14.0 Å². The standard InChI is InChI=1S/C20H17FN2O2S/c21-15-6-3-14(4-7-15)5-12-19(24)22-16-8-10-17(11-9-16)23-20(25)18-2-1-13-26-18/h1-4,6-11,13H,5,12H2,(H,22,24)(H,23,25). The summed E-state index contributed by atoms with van der Waals surface area (Å²) in [5, 5.41) is 7.46. The average molecular weight is 368 g/mol. The zero-order valence-corrected chi connectivity index (χ0v) is 14.7.